The molecule has 0 bridgehead atoms. The maximum Gasteiger partial charge on any atom is 0.223 e. The lowest BCUT2D eigenvalue weighted by atomic mass is 9.87. The van der Waals surface area contributed by atoms with Gasteiger partial charge in [-0.1, -0.05) is 45.0 Å². The van der Waals surface area contributed by atoms with E-state index in [2.05, 4.69) is 50.4 Å². The van der Waals surface area contributed by atoms with Crippen LogP contribution < -0.4 is 5.32 Å². The van der Waals surface area contributed by atoms with Gasteiger partial charge in [-0.3, -0.25) is 4.79 Å². The van der Waals surface area contributed by atoms with E-state index in [9.17, 15) is 4.79 Å². The smallest absolute Gasteiger partial charge is 0.223 e. The zero-order valence-corrected chi connectivity index (χ0v) is 12.7. The van der Waals surface area contributed by atoms with Gasteiger partial charge in [0.15, 0.2) is 0 Å². The zero-order chi connectivity index (χ0) is 14.6. The molecule has 1 aromatic carbocycles. The predicted octanol–water partition coefficient (Wildman–Crippen LogP) is 3.03. The second-order valence-electron chi connectivity index (χ2n) is 6.55. The molecular formula is C17H25NO2. The van der Waals surface area contributed by atoms with E-state index in [4.69, 9.17) is 4.74 Å². The summed E-state index contributed by atoms with van der Waals surface area (Å²) in [5.74, 6) is 0.283. The monoisotopic (exact) mass is 275 g/mol. The third-order valence-corrected chi connectivity index (χ3v) is 3.88. The SMILES string of the molecule is CC(C)(C)c1ccc(CNC(=O)C2CCOCC2)cc1. The van der Waals surface area contributed by atoms with Crippen LogP contribution in [0.25, 0.3) is 0 Å². The van der Waals surface area contributed by atoms with Gasteiger partial charge in [0.25, 0.3) is 0 Å². The van der Waals surface area contributed by atoms with Gasteiger partial charge < -0.3 is 10.1 Å². The summed E-state index contributed by atoms with van der Waals surface area (Å²) in [4.78, 5) is 12.0. The minimum Gasteiger partial charge on any atom is -0.381 e. The third kappa shape index (κ3) is 4.07. The molecule has 0 atom stereocenters. The van der Waals surface area contributed by atoms with Crippen LogP contribution in [0.4, 0.5) is 0 Å². The quantitative estimate of drug-likeness (QED) is 0.921. The van der Waals surface area contributed by atoms with Crippen LogP contribution in [0.15, 0.2) is 24.3 Å². The summed E-state index contributed by atoms with van der Waals surface area (Å²) in [6.45, 7) is 8.64. The lowest BCUT2D eigenvalue weighted by Gasteiger charge is -2.21. The first-order valence-corrected chi connectivity index (χ1v) is 7.42. The Kier molecular flexibility index (Phi) is 4.81. The largest absolute Gasteiger partial charge is 0.381 e. The Labute approximate surface area is 121 Å². The molecular weight excluding hydrogens is 250 g/mol. The molecule has 0 spiro atoms. The Bertz CT molecular complexity index is 439. The molecule has 0 unspecified atom stereocenters. The maximum atomic E-state index is 12.0. The van der Waals surface area contributed by atoms with Crippen molar-refractivity contribution in [3.63, 3.8) is 0 Å². The zero-order valence-electron chi connectivity index (χ0n) is 12.7. The van der Waals surface area contributed by atoms with Gasteiger partial charge in [-0.05, 0) is 29.4 Å². The van der Waals surface area contributed by atoms with Crippen molar-refractivity contribution in [1.82, 2.24) is 5.32 Å². The molecule has 1 amide bonds. The van der Waals surface area contributed by atoms with Crippen LogP contribution in [0.3, 0.4) is 0 Å². The summed E-state index contributed by atoms with van der Waals surface area (Å²) in [6, 6.07) is 8.50. The van der Waals surface area contributed by atoms with Crippen molar-refractivity contribution in [2.24, 2.45) is 5.92 Å². The molecule has 0 aliphatic carbocycles. The van der Waals surface area contributed by atoms with E-state index in [0.717, 1.165) is 18.4 Å². The normalized spacial score (nSPS) is 16.9. The van der Waals surface area contributed by atoms with Crippen molar-refractivity contribution in [2.45, 2.75) is 45.6 Å². The number of carbonyl (C=O) groups is 1. The van der Waals surface area contributed by atoms with Crippen molar-refractivity contribution >= 4 is 5.91 Å². The molecule has 3 nitrogen and oxygen atoms in total. The van der Waals surface area contributed by atoms with E-state index in [-0.39, 0.29) is 17.2 Å². The van der Waals surface area contributed by atoms with Crippen LogP contribution in [-0.4, -0.2) is 19.1 Å². The fourth-order valence-electron chi connectivity index (χ4n) is 2.42. The number of carbonyl (C=O) groups excluding carboxylic acids is 1. The molecule has 110 valence electrons. The highest BCUT2D eigenvalue weighted by molar-refractivity contribution is 5.78. The first-order valence-electron chi connectivity index (χ1n) is 7.42. The first kappa shape index (κ1) is 15.0. The second kappa shape index (κ2) is 6.40. The van der Waals surface area contributed by atoms with Crippen LogP contribution in [0.1, 0.15) is 44.7 Å². The molecule has 1 N–H and O–H groups in total. The van der Waals surface area contributed by atoms with Crippen LogP contribution in [-0.2, 0) is 21.5 Å². The van der Waals surface area contributed by atoms with Gasteiger partial charge in [0, 0.05) is 25.7 Å². The Balaban J connectivity index is 1.86. The molecule has 0 saturated carbocycles. The van der Waals surface area contributed by atoms with Crippen LogP contribution in [0.2, 0.25) is 0 Å². The lowest BCUT2D eigenvalue weighted by Crippen LogP contribution is -2.33. The highest BCUT2D eigenvalue weighted by Gasteiger charge is 2.21. The van der Waals surface area contributed by atoms with E-state index in [1.165, 1.54) is 5.56 Å². The van der Waals surface area contributed by atoms with E-state index in [0.29, 0.717) is 19.8 Å². The molecule has 1 saturated heterocycles. The molecule has 3 heteroatoms. The minimum atomic E-state index is 0.123. The number of ether oxygens (including phenoxy) is 1. The molecule has 20 heavy (non-hydrogen) atoms. The lowest BCUT2D eigenvalue weighted by molar-refractivity contribution is -0.128. The molecule has 1 aliphatic heterocycles. The van der Waals surface area contributed by atoms with Crippen LogP contribution in [0, 0.1) is 5.92 Å². The van der Waals surface area contributed by atoms with Crippen molar-refractivity contribution in [3.05, 3.63) is 35.4 Å². The molecule has 2 rings (SSSR count). The predicted molar refractivity (Wildman–Crippen MR) is 80.5 cm³/mol. The highest BCUT2D eigenvalue weighted by Crippen LogP contribution is 2.22. The Morgan fingerprint density at radius 2 is 1.80 bits per heavy atom. The second-order valence-corrected chi connectivity index (χ2v) is 6.55. The van der Waals surface area contributed by atoms with Gasteiger partial charge in [-0.2, -0.15) is 0 Å². The average molecular weight is 275 g/mol. The number of amides is 1. The average Bonchev–Trinajstić information content (AvgIpc) is 2.45. The number of nitrogens with one attached hydrogen (secondary N) is 1. The fourth-order valence-corrected chi connectivity index (χ4v) is 2.42. The standard InChI is InChI=1S/C17H25NO2/c1-17(2,3)15-6-4-13(5-7-15)12-18-16(19)14-8-10-20-11-9-14/h4-7,14H,8-12H2,1-3H3,(H,18,19). The summed E-state index contributed by atoms with van der Waals surface area (Å²) in [5.41, 5.74) is 2.64. The summed E-state index contributed by atoms with van der Waals surface area (Å²) in [6.07, 6.45) is 1.68. The first-order chi connectivity index (χ1) is 9.47. The van der Waals surface area contributed by atoms with Crippen molar-refractivity contribution in [1.29, 1.82) is 0 Å². The van der Waals surface area contributed by atoms with E-state index in [1.54, 1.807) is 0 Å². The Hall–Kier alpha value is -1.35. The Morgan fingerprint density at radius 1 is 1.20 bits per heavy atom. The van der Waals surface area contributed by atoms with Gasteiger partial charge in [0.05, 0.1) is 0 Å². The highest BCUT2D eigenvalue weighted by atomic mass is 16.5. The van der Waals surface area contributed by atoms with Gasteiger partial charge in [0.1, 0.15) is 0 Å². The van der Waals surface area contributed by atoms with Gasteiger partial charge >= 0.3 is 0 Å². The van der Waals surface area contributed by atoms with Gasteiger partial charge in [-0.25, -0.2) is 0 Å². The number of rotatable bonds is 3. The summed E-state index contributed by atoms with van der Waals surface area (Å²) >= 11 is 0. The van der Waals surface area contributed by atoms with Crippen molar-refractivity contribution in [2.75, 3.05) is 13.2 Å². The summed E-state index contributed by atoms with van der Waals surface area (Å²) in [5, 5.41) is 3.03. The Morgan fingerprint density at radius 3 is 2.35 bits per heavy atom. The van der Waals surface area contributed by atoms with Crippen LogP contribution >= 0.6 is 0 Å². The molecule has 0 radical (unpaired) electrons. The van der Waals surface area contributed by atoms with Crippen LogP contribution in [0.5, 0.6) is 0 Å². The number of benzene rings is 1. The fraction of sp³-hybridized carbons (Fsp3) is 0.588. The molecule has 1 fully saturated rings. The maximum absolute atomic E-state index is 12.0. The topological polar surface area (TPSA) is 38.3 Å². The molecule has 0 aromatic heterocycles. The van der Waals surface area contributed by atoms with Gasteiger partial charge in [0.2, 0.25) is 5.91 Å². The molecule has 1 aliphatic rings. The van der Waals surface area contributed by atoms with Crippen molar-refractivity contribution < 1.29 is 9.53 Å². The minimum absolute atomic E-state index is 0.123. The van der Waals surface area contributed by atoms with Crippen molar-refractivity contribution in [3.8, 4) is 0 Å². The van der Waals surface area contributed by atoms with Gasteiger partial charge in [-0.15, -0.1) is 0 Å². The van der Waals surface area contributed by atoms with E-state index in [1.807, 2.05) is 0 Å². The molecule has 1 aromatic rings. The third-order valence-electron chi connectivity index (χ3n) is 3.88. The summed E-state index contributed by atoms with van der Waals surface area (Å²) < 4.78 is 5.28. The number of hydrogen-bond donors (Lipinski definition) is 1. The van der Waals surface area contributed by atoms with E-state index < -0.39 is 0 Å². The van der Waals surface area contributed by atoms with E-state index >= 15 is 0 Å². The summed E-state index contributed by atoms with van der Waals surface area (Å²) in [7, 11) is 0. The molecule has 1 heterocycles. The number of hydrogen-bond acceptors (Lipinski definition) is 2.